The molecule has 1 fully saturated rings. The van der Waals surface area contributed by atoms with E-state index in [0.717, 1.165) is 62.4 Å². The minimum Gasteiger partial charge on any atom is -0.497 e. The Kier molecular flexibility index (Phi) is 6.47. The number of piperazine rings is 1. The predicted octanol–water partition coefficient (Wildman–Crippen LogP) is 2.41. The highest BCUT2D eigenvalue weighted by atomic mass is 16.6. The summed E-state index contributed by atoms with van der Waals surface area (Å²) in [7, 11) is 3.55. The minimum absolute atomic E-state index is 0.614. The third-order valence-electron chi connectivity index (χ3n) is 5.51. The van der Waals surface area contributed by atoms with Gasteiger partial charge in [-0.1, -0.05) is 12.1 Å². The van der Waals surface area contributed by atoms with Crippen molar-refractivity contribution in [3.05, 3.63) is 48.0 Å². The standard InChI is InChI=1S/C23H30N4O3/c1-24-23(25-9-8-18-6-7-21-22(16-18)30-15-14-29-21)27-12-10-26(11-13-27)19-4-3-5-20(17-19)28-2/h3-7,16-17H,8-15H2,1-2H3,(H,24,25). The molecule has 1 saturated heterocycles. The zero-order valence-corrected chi connectivity index (χ0v) is 17.8. The first-order chi connectivity index (χ1) is 14.8. The van der Waals surface area contributed by atoms with E-state index >= 15 is 0 Å². The third-order valence-corrected chi connectivity index (χ3v) is 5.51. The predicted molar refractivity (Wildman–Crippen MR) is 119 cm³/mol. The number of ether oxygens (including phenoxy) is 3. The molecule has 0 atom stereocenters. The van der Waals surface area contributed by atoms with Crippen molar-refractivity contribution in [1.29, 1.82) is 0 Å². The van der Waals surface area contributed by atoms with Crippen molar-refractivity contribution in [3.63, 3.8) is 0 Å². The van der Waals surface area contributed by atoms with E-state index in [4.69, 9.17) is 14.2 Å². The van der Waals surface area contributed by atoms with E-state index in [0.29, 0.717) is 13.2 Å². The summed E-state index contributed by atoms with van der Waals surface area (Å²) in [4.78, 5) is 9.20. The van der Waals surface area contributed by atoms with E-state index in [1.165, 1.54) is 11.3 Å². The molecule has 0 saturated carbocycles. The van der Waals surface area contributed by atoms with Crippen LogP contribution in [0.3, 0.4) is 0 Å². The zero-order chi connectivity index (χ0) is 20.8. The lowest BCUT2D eigenvalue weighted by atomic mass is 10.1. The number of hydrogen-bond donors (Lipinski definition) is 1. The summed E-state index contributed by atoms with van der Waals surface area (Å²) < 4.78 is 16.6. The Hall–Kier alpha value is -3.09. The maximum Gasteiger partial charge on any atom is 0.193 e. The Bertz CT molecular complexity index is 879. The number of methoxy groups -OCH3 is 1. The molecule has 0 radical (unpaired) electrons. The molecular weight excluding hydrogens is 380 g/mol. The average molecular weight is 411 g/mol. The van der Waals surface area contributed by atoms with Crippen LogP contribution in [-0.4, -0.2) is 71.0 Å². The van der Waals surface area contributed by atoms with Gasteiger partial charge in [0.25, 0.3) is 0 Å². The molecule has 0 amide bonds. The Morgan fingerprint density at radius 1 is 1.03 bits per heavy atom. The maximum absolute atomic E-state index is 5.68. The molecule has 0 unspecified atom stereocenters. The minimum atomic E-state index is 0.614. The van der Waals surface area contributed by atoms with Crippen molar-refractivity contribution in [1.82, 2.24) is 10.2 Å². The number of rotatable bonds is 5. The Morgan fingerprint density at radius 3 is 2.60 bits per heavy atom. The molecule has 2 aliphatic rings. The van der Waals surface area contributed by atoms with Gasteiger partial charge in [0.2, 0.25) is 0 Å². The second kappa shape index (κ2) is 9.61. The molecule has 0 aliphatic carbocycles. The highest BCUT2D eigenvalue weighted by Gasteiger charge is 2.20. The van der Waals surface area contributed by atoms with Gasteiger partial charge in [0.1, 0.15) is 19.0 Å². The average Bonchev–Trinajstić information content (AvgIpc) is 2.82. The van der Waals surface area contributed by atoms with Crippen LogP contribution in [0.15, 0.2) is 47.5 Å². The highest BCUT2D eigenvalue weighted by Crippen LogP contribution is 2.30. The molecule has 160 valence electrons. The first-order valence-electron chi connectivity index (χ1n) is 10.5. The van der Waals surface area contributed by atoms with E-state index in [1.54, 1.807) is 7.11 Å². The van der Waals surface area contributed by atoms with E-state index in [2.05, 4.69) is 44.4 Å². The summed E-state index contributed by atoms with van der Waals surface area (Å²) in [6.07, 6.45) is 0.902. The summed E-state index contributed by atoms with van der Waals surface area (Å²) in [5, 5.41) is 3.51. The van der Waals surface area contributed by atoms with Crippen LogP contribution >= 0.6 is 0 Å². The van der Waals surface area contributed by atoms with Crippen LogP contribution < -0.4 is 24.4 Å². The van der Waals surface area contributed by atoms with Crippen LogP contribution in [0.25, 0.3) is 0 Å². The summed E-state index contributed by atoms with van der Waals surface area (Å²) in [5.74, 6) is 3.53. The Balaban J connectivity index is 1.27. The summed E-state index contributed by atoms with van der Waals surface area (Å²) in [6.45, 7) is 5.83. The van der Waals surface area contributed by atoms with Crippen molar-refractivity contribution in [2.75, 3.05) is 65.0 Å². The second-order valence-electron chi connectivity index (χ2n) is 7.38. The molecule has 2 aromatic carbocycles. The number of fused-ring (bicyclic) bond motifs is 1. The lowest BCUT2D eigenvalue weighted by Gasteiger charge is -2.37. The largest absolute Gasteiger partial charge is 0.497 e. The fourth-order valence-corrected chi connectivity index (χ4v) is 3.88. The number of guanidine groups is 1. The van der Waals surface area contributed by atoms with Gasteiger partial charge in [0, 0.05) is 51.5 Å². The summed E-state index contributed by atoms with van der Waals surface area (Å²) >= 11 is 0. The van der Waals surface area contributed by atoms with Gasteiger partial charge in [-0.2, -0.15) is 0 Å². The number of hydrogen-bond acceptors (Lipinski definition) is 5. The molecule has 4 rings (SSSR count). The number of nitrogens with zero attached hydrogens (tertiary/aromatic N) is 3. The van der Waals surface area contributed by atoms with Crippen LogP contribution in [0.1, 0.15) is 5.56 Å². The van der Waals surface area contributed by atoms with Crippen molar-refractivity contribution in [2.24, 2.45) is 4.99 Å². The van der Waals surface area contributed by atoms with Gasteiger partial charge in [-0.15, -0.1) is 0 Å². The first-order valence-corrected chi connectivity index (χ1v) is 10.5. The molecule has 30 heavy (non-hydrogen) atoms. The Labute approximate surface area is 178 Å². The van der Waals surface area contributed by atoms with Crippen molar-refractivity contribution < 1.29 is 14.2 Å². The second-order valence-corrected chi connectivity index (χ2v) is 7.38. The lowest BCUT2D eigenvalue weighted by molar-refractivity contribution is 0.171. The van der Waals surface area contributed by atoms with Crippen molar-refractivity contribution >= 4 is 11.6 Å². The number of benzene rings is 2. The molecule has 7 nitrogen and oxygen atoms in total. The highest BCUT2D eigenvalue weighted by molar-refractivity contribution is 5.80. The van der Waals surface area contributed by atoms with E-state index in [-0.39, 0.29) is 0 Å². The van der Waals surface area contributed by atoms with Crippen LogP contribution in [0.5, 0.6) is 17.2 Å². The van der Waals surface area contributed by atoms with Crippen LogP contribution in [0.4, 0.5) is 5.69 Å². The van der Waals surface area contributed by atoms with Gasteiger partial charge in [0.05, 0.1) is 7.11 Å². The SMILES string of the molecule is CN=C(NCCc1ccc2c(c1)OCCO2)N1CCN(c2cccc(OC)c2)CC1. The molecule has 2 heterocycles. The first kappa shape index (κ1) is 20.2. The smallest absolute Gasteiger partial charge is 0.193 e. The monoisotopic (exact) mass is 410 g/mol. The quantitative estimate of drug-likeness (QED) is 0.604. The molecular formula is C23H30N4O3. The van der Waals surface area contributed by atoms with Crippen LogP contribution in [0.2, 0.25) is 0 Å². The fourth-order valence-electron chi connectivity index (χ4n) is 3.88. The lowest BCUT2D eigenvalue weighted by Crippen LogP contribution is -2.52. The molecule has 0 bridgehead atoms. The zero-order valence-electron chi connectivity index (χ0n) is 17.8. The van der Waals surface area contributed by atoms with Gasteiger partial charge in [-0.05, 0) is 36.2 Å². The molecule has 1 N–H and O–H groups in total. The van der Waals surface area contributed by atoms with E-state index in [9.17, 15) is 0 Å². The summed E-state index contributed by atoms with van der Waals surface area (Å²) in [6, 6.07) is 14.4. The number of aliphatic imine (C=N–C) groups is 1. The maximum atomic E-state index is 5.68. The fraction of sp³-hybridized carbons (Fsp3) is 0.435. The van der Waals surface area contributed by atoms with Gasteiger partial charge in [-0.25, -0.2) is 0 Å². The number of nitrogens with one attached hydrogen (secondary N) is 1. The molecule has 7 heteroatoms. The number of anilines is 1. The van der Waals surface area contributed by atoms with E-state index in [1.807, 2.05) is 25.2 Å². The van der Waals surface area contributed by atoms with Gasteiger partial charge >= 0.3 is 0 Å². The van der Waals surface area contributed by atoms with Gasteiger partial charge in [0.15, 0.2) is 17.5 Å². The van der Waals surface area contributed by atoms with Crippen LogP contribution in [0, 0.1) is 0 Å². The molecule has 0 spiro atoms. The third kappa shape index (κ3) is 4.72. The van der Waals surface area contributed by atoms with E-state index < -0.39 is 0 Å². The molecule has 2 aliphatic heterocycles. The van der Waals surface area contributed by atoms with Gasteiger partial charge < -0.3 is 29.3 Å². The summed E-state index contributed by atoms with van der Waals surface area (Å²) in [5.41, 5.74) is 2.43. The Morgan fingerprint density at radius 2 is 1.83 bits per heavy atom. The van der Waals surface area contributed by atoms with Crippen LogP contribution in [-0.2, 0) is 6.42 Å². The normalized spacial score (nSPS) is 16.4. The molecule has 2 aromatic rings. The van der Waals surface area contributed by atoms with Gasteiger partial charge in [-0.3, -0.25) is 4.99 Å². The topological polar surface area (TPSA) is 58.6 Å². The van der Waals surface area contributed by atoms with Crippen molar-refractivity contribution in [2.45, 2.75) is 6.42 Å². The van der Waals surface area contributed by atoms with Crippen molar-refractivity contribution in [3.8, 4) is 17.2 Å². The molecule has 0 aromatic heterocycles.